The fraction of sp³-hybridized carbons (Fsp3) is 0.474. The van der Waals surface area contributed by atoms with E-state index >= 15 is 0 Å². The van der Waals surface area contributed by atoms with Crippen molar-refractivity contribution in [3.8, 4) is 11.9 Å². The van der Waals surface area contributed by atoms with E-state index in [0.717, 1.165) is 44.6 Å². The second-order valence-electron chi connectivity index (χ2n) is 7.12. The highest BCUT2D eigenvalue weighted by atomic mass is 35.5. The van der Waals surface area contributed by atoms with Gasteiger partial charge in [0.15, 0.2) is 0 Å². The number of halogens is 1. The lowest BCUT2D eigenvalue weighted by atomic mass is 9.98. The van der Waals surface area contributed by atoms with E-state index in [4.69, 9.17) is 21.6 Å². The highest BCUT2D eigenvalue weighted by Crippen LogP contribution is 2.28. The van der Waals surface area contributed by atoms with Gasteiger partial charge in [0.2, 0.25) is 5.88 Å². The average Bonchev–Trinajstić information content (AvgIpc) is 3.18. The smallest absolute Gasteiger partial charge is 0.285 e. The maximum absolute atomic E-state index is 11.7. The summed E-state index contributed by atoms with van der Waals surface area (Å²) in [7, 11) is 0. The zero-order chi connectivity index (χ0) is 19.5. The van der Waals surface area contributed by atoms with Crippen LogP contribution in [0.2, 0.25) is 5.02 Å². The van der Waals surface area contributed by atoms with Crippen LogP contribution in [0, 0.1) is 17.2 Å². The molecular weight excluding hydrogens is 380 g/mol. The van der Waals surface area contributed by atoms with Crippen LogP contribution in [0.4, 0.5) is 11.4 Å². The van der Waals surface area contributed by atoms with Crippen molar-refractivity contribution in [1.29, 1.82) is 5.26 Å². The van der Waals surface area contributed by atoms with Crippen LogP contribution in [-0.2, 0) is 0 Å². The molecule has 8 nitrogen and oxygen atoms in total. The third-order valence-corrected chi connectivity index (χ3v) is 5.68. The molecule has 0 amide bonds. The van der Waals surface area contributed by atoms with Crippen molar-refractivity contribution in [2.24, 2.45) is 5.92 Å². The van der Waals surface area contributed by atoms with Gasteiger partial charge in [-0.15, -0.1) is 0 Å². The zero-order valence-corrected chi connectivity index (χ0v) is 16.1. The van der Waals surface area contributed by atoms with Crippen LogP contribution in [0.3, 0.4) is 0 Å². The molecule has 2 aromatic heterocycles. The highest BCUT2D eigenvalue weighted by molar-refractivity contribution is 6.33. The van der Waals surface area contributed by atoms with Gasteiger partial charge in [0, 0.05) is 49.9 Å². The van der Waals surface area contributed by atoms with Crippen LogP contribution >= 0.6 is 11.6 Å². The van der Waals surface area contributed by atoms with E-state index < -0.39 is 5.56 Å². The number of pyridine rings is 1. The summed E-state index contributed by atoms with van der Waals surface area (Å²) in [6, 6.07) is 6.29. The molecule has 4 heterocycles. The van der Waals surface area contributed by atoms with E-state index in [-0.39, 0.29) is 17.0 Å². The molecule has 4 rings (SSSR count). The monoisotopic (exact) mass is 400 g/mol. The van der Waals surface area contributed by atoms with Crippen molar-refractivity contribution in [3.63, 3.8) is 0 Å². The highest BCUT2D eigenvalue weighted by Gasteiger charge is 2.27. The molecule has 1 N–H and O–H groups in total. The summed E-state index contributed by atoms with van der Waals surface area (Å²) in [4.78, 5) is 20.3. The second kappa shape index (κ2) is 8.07. The first kappa shape index (κ1) is 18.6. The SMILES string of the molecule is N#CC1CCN(c2ccnc(O[C@@H]3CCN(c4cn[nH]c(=O)c4Cl)C3)c2)CC1. The Bertz CT molecular complexity index is 935. The maximum atomic E-state index is 11.7. The molecule has 0 unspecified atom stereocenters. The first-order valence-electron chi connectivity index (χ1n) is 9.39. The molecule has 2 aromatic rings. The third-order valence-electron chi connectivity index (χ3n) is 5.31. The molecule has 28 heavy (non-hydrogen) atoms. The van der Waals surface area contributed by atoms with E-state index in [1.165, 1.54) is 0 Å². The first-order valence-corrected chi connectivity index (χ1v) is 9.77. The van der Waals surface area contributed by atoms with Crippen molar-refractivity contribution in [2.45, 2.75) is 25.4 Å². The Hall–Kier alpha value is -2.79. The number of hydrogen-bond acceptors (Lipinski definition) is 7. The fourth-order valence-corrected chi connectivity index (χ4v) is 3.95. The van der Waals surface area contributed by atoms with Crippen molar-refractivity contribution >= 4 is 23.0 Å². The van der Waals surface area contributed by atoms with Gasteiger partial charge < -0.3 is 14.5 Å². The van der Waals surface area contributed by atoms with Crippen molar-refractivity contribution < 1.29 is 4.74 Å². The summed E-state index contributed by atoms with van der Waals surface area (Å²) in [5, 5.41) is 15.4. The molecule has 1 atom stereocenters. The second-order valence-corrected chi connectivity index (χ2v) is 7.49. The Balaban J connectivity index is 1.40. The standard InChI is InChI=1S/C19H21ClN6O2/c20-18-16(11-23-24-19(18)27)26-8-4-15(12-26)28-17-9-14(1-5-22-17)25-6-2-13(10-21)3-7-25/h1,5,9,11,13,15H,2-4,6-8,12H2,(H,24,27)/t15-/m1/s1. The number of H-pyrrole nitrogens is 1. The summed E-state index contributed by atoms with van der Waals surface area (Å²) in [6.07, 6.45) is 5.86. The minimum Gasteiger partial charge on any atom is -0.472 e. The molecule has 0 saturated carbocycles. The Morgan fingerprint density at radius 1 is 1.25 bits per heavy atom. The maximum Gasteiger partial charge on any atom is 0.285 e. The topological polar surface area (TPSA) is 98.1 Å². The van der Waals surface area contributed by atoms with Crippen LogP contribution < -0.4 is 20.1 Å². The summed E-state index contributed by atoms with van der Waals surface area (Å²) >= 11 is 6.10. The molecule has 0 spiro atoms. The van der Waals surface area contributed by atoms with Crippen LogP contribution in [0.5, 0.6) is 5.88 Å². The zero-order valence-electron chi connectivity index (χ0n) is 15.3. The van der Waals surface area contributed by atoms with Gasteiger partial charge >= 0.3 is 0 Å². The van der Waals surface area contributed by atoms with Crippen molar-refractivity contribution in [1.82, 2.24) is 15.2 Å². The molecular formula is C19H21ClN6O2. The molecule has 0 aromatic carbocycles. The minimum absolute atomic E-state index is 0.0394. The predicted octanol–water partition coefficient (Wildman–Crippen LogP) is 2.22. The van der Waals surface area contributed by atoms with Gasteiger partial charge in [0.25, 0.3) is 5.56 Å². The summed E-state index contributed by atoms with van der Waals surface area (Å²) in [6.45, 7) is 3.08. The van der Waals surface area contributed by atoms with Crippen LogP contribution in [0.25, 0.3) is 0 Å². The molecule has 2 aliphatic heterocycles. The fourth-order valence-electron chi connectivity index (χ4n) is 3.74. The van der Waals surface area contributed by atoms with E-state index in [1.54, 1.807) is 12.4 Å². The number of anilines is 2. The molecule has 2 fully saturated rings. The van der Waals surface area contributed by atoms with E-state index in [2.05, 4.69) is 26.2 Å². The van der Waals surface area contributed by atoms with Gasteiger partial charge in [-0.05, 0) is 18.9 Å². The summed E-state index contributed by atoms with van der Waals surface area (Å²) in [5.74, 6) is 0.742. The van der Waals surface area contributed by atoms with Gasteiger partial charge in [-0.25, -0.2) is 10.1 Å². The molecule has 146 valence electrons. The lowest BCUT2D eigenvalue weighted by molar-refractivity contribution is 0.216. The van der Waals surface area contributed by atoms with Gasteiger partial charge in [-0.2, -0.15) is 10.4 Å². The molecule has 9 heteroatoms. The van der Waals surface area contributed by atoms with E-state index in [0.29, 0.717) is 18.1 Å². The molecule has 2 saturated heterocycles. The molecule has 2 aliphatic rings. The van der Waals surface area contributed by atoms with E-state index in [1.807, 2.05) is 17.0 Å². The lowest BCUT2D eigenvalue weighted by Crippen LogP contribution is -2.33. The quantitative estimate of drug-likeness (QED) is 0.840. The van der Waals surface area contributed by atoms with Gasteiger partial charge in [0.1, 0.15) is 11.1 Å². The summed E-state index contributed by atoms with van der Waals surface area (Å²) in [5.41, 5.74) is 1.30. The van der Waals surface area contributed by atoms with Crippen molar-refractivity contribution in [3.05, 3.63) is 39.9 Å². The third kappa shape index (κ3) is 3.90. The van der Waals surface area contributed by atoms with Crippen LogP contribution in [0.1, 0.15) is 19.3 Å². The minimum atomic E-state index is -0.391. The number of aromatic nitrogens is 3. The Labute approximate surface area is 167 Å². The van der Waals surface area contributed by atoms with Gasteiger partial charge in [-0.3, -0.25) is 4.79 Å². The Kier molecular flexibility index (Phi) is 5.35. The first-order chi connectivity index (χ1) is 13.6. The number of rotatable bonds is 4. The number of ether oxygens (including phenoxy) is 1. The normalized spacial score (nSPS) is 20.2. The van der Waals surface area contributed by atoms with Gasteiger partial charge in [-0.1, -0.05) is 11.6 Å². The molecule has 0 aliphatic carbocycles. The molecule has 0 radical (unpaired) electrons. The predicted molar refractivity (Wildman–Crippen MR) is 106 cm³/mol. The molecule has 0 bridgehead atoms. The number of nitrogens with zero attached hydrogens (tertiary/aromatic N) is 5. The average molecular weight is 401 g/mol. The Morgan fingerprint density at radius 3 is 2.82 bits per heavy atom. The number of piperidine rings is 1. The number of hydrogen-bond donors (Lipinski definition) is 1. The largest absolute Gasteiger partial charge is 0.472 e. The van der Waals surface area contributed by atoms with Crippen molar-refractivity contribution in [2.75, 3.05) is 36.0 Å². The number of nitriles is 1. The van der Waals surface area contributed by atoms with Gasteiger partial charge in [0.05, 0.1) is 24.5 Å². The Morgan fingerprint density at radius 2 is 2.04 bits per heavy atom. The van der Waals surface area contributed by atoms with Crippen LogP contribution in [0.15, 0.2) is 29.3 Å². The number of nitrogens with one attached hydrogen (secondary N) is 1. The number of aromatic amines is 1. The van der Waals surface area contributed by atoms with E-state index in [9.17, 15) is 4.79 Å². The van der Waals surface area contributed by atoms with Crippen LogP contribution in [-0.4, -0.2) is 47.5 Å². The lowest BCUT2D eigenvalue weighted by Gasteiger charge is -2.31. The summed E-state index contributed by atoms with van der Waals surface area (Å²) < 4.78 is 6.09.